The summed E-state index contributed by atoms with van der Waals surface area (Å²) in [7, 11) is 3.57. The molecular formula is C21H32N6O. The van der Waals surface area contributed by atoms with Crippen molar-refractivity contribution in [2.45, 2.75) is 26.8 Å². The molecule has 1 aliphatic rings. The lowest BCUT2D eigenvalue weighted by Crippen LogP contribution is -2.52. The van der Waals surface area contributed by atoms with Gasteiger partial charge in [0.05, 0.1) is 12.8 Å². The van der Waals surface area contributed by atoms with E-state index >= 15 is 0 Å². The Morgan fingerprint density at radius 2 is 1.96 bits per heavy atom. The third kappa shape index (κ3) is 4.97. The molecule has 7 heteroatoms. The lowest BCUT2D eigenvalue weighted by atomic mass is 10.2. The van der Waals surface area contributed by atoms with Crippen molar-refractivity contribution >= 4 is 11.6 Å². The summed E-state index contributed by atoms with van der Waals surface area (Å²) in [6.45, 7) is 9.80. The zero-order valence-electron chi connectivity index (χ0n) is 17.5. The first-order chi connectivity index (χ1) is 13.6. The van der Waals surface area contributed by atoms with Crippen LogP contribution in [0.15, 0.2) is 35.3 Å². The summed E-state index contributed by atoms with van der Waals surface area (Å²) in [6, 6.07) is 10.4. The minimum atomic E-state index is 0.890. The van der Waals surface area contributed by atoms with Gasteiger partial charge in [0.15, 0.2) is 5.96 Å². The van der Waals surface area contributed by atoms with Crippen LogP contribution in [0.1, 0.15) is 17.8 Å². The maximum absolute atomic E-state index is 5.35. The molecule has 3 rings (SSSR count). The molecule has 7 nitrogen and oxygen atoms in total. The van der Waals surface area contributed by atoms with Gasteiger partial charge in [-0.1, -0.05) is 6.07 Å². The highest BCUT2D eigenvalue weighted by Crippen LogP contribution is 2.22. The van der Waals surface area contributed by atoms with Crippen molar-refractivity contribution in [2.75, 3.05) is 51.8 Å². The quantitative estimate of drug-likeness (QED) is 0.470. The minimum Gasteiger partial charge on any atom is -0.497 e. The molecule has 1 fully saturated rings. The van der Waals surface area contributed by atoms with Crippen molar-refractivity contribution in [3.63, 3.8) is 0 Å². The summed E-state index contributed by atoms with van der Waals surface area (Å²) in [5.74, 6) is 1.89. The fourth-order valence-electron chi connectivity index (χ4n) is 3.65. The number of aromatic nitrogens is 2. The van der Waals surface area contributed by atoms with Crippen LogP contribution in [0, 0.1) is 13.8 Å². The van der Waals surface area contributed by atoms with E-state index in [-0.39, 0.29) is 0 Å². The highest BCUT2D eigenvalue weighted by atomic mass is 16.5. The summed E-state index contributed by atoms with van der Waals surface area (Å²) in [5, 5.41) is 8.02. The molecule has 152 valence electrons. The minimum absolute atomic E-state index is 0.890. The van der Waals surface area contributed by atoms with Gasteiger partial charge >= 0.3 is 0 Å². The molecule has 0 bridgehead atoms. The number of nitrogens with one attached hydrogen (secondary N) is 1. The number of rotatable bonds is 6. The lowest BCUT2D eigenvalue weighted by Gasteiger charge is -2.37. The summed E-state index contributed by atoms with van der Waals surface area (Å²) >= 11 is 0. The number of piperazine rings is 1. The number of anilines is 1. The van der Waals surface area contributed by atoms with Gasteiger partial charge in [0.1, 0.15) is 5.75 Å². The fraction of sp³-hybridized carbons (Fsp3) is 0.524. The normalized spacial score (nSPS) is 15.1. The SMILES string of the molecule is CN=C(NCCCn1nc(C)cc1C)N1CCN(c2cccc(OC)c2)CC1. The van der Waals surface area contributed by atoms with Gasteiger partial charge in [-0.2, -0.15) is 5.10 Å². The molecule has 28 heavy (non-hydrogen) atoms. The number of nitrogens with zero attached hydrogens (tertiary/aromatic N) is 5. The van der Waals surface area contributed by atoms with Crippen molar-refractivity contribution in [1.29, 1.82) is 0 Å². The first-order valence-electron chi connectivity index (χ1n) is 9.96. The average Bonchev–Trinajstić information content (AvgIpc) is 3.05. The van der Waals surface area contributed by atoms with Gasteiger partial charge in [-0.05, 0) is 38.5 Å². The molecule has 1 aliphatic heterocycles. The topological polar surface area (TPSA) is 57.9 Å². The maximum Gasteiger partial charge on any atom is 0.193 e. The van der Waals surface area contributed by atoms with E-state index in [1.165, 1.54) is 11.4 Å². The molecule has 0 spiro atoms. The molecule has 2 heterocycles. The molecule has 0 amide bonds. The van der Waals surface area contributed by atoms with Gasteiger partial charge in [-0.3, -0.25) is 9.67 Å². The number of aryl methyl sites for hydroxylation is 3. The molecule has 0 saturated carbocycles. The van der Waals surface area contributed by atoms with Gasteiger partial charge in [0.25, 0.3) is 0 Å². The van der Waals surface area contributed by atoms with E-state index < -0.39 is 0 Å². The Kier molecular flexibility index (Phi) is 6.79. The van der Waals surface area contributed by atoms with Crippen LogP contribution in [0.25, 0.3) is 0 Å². The third-order valence-corrected chi connectivity index (χ3v) is 5.14. The standard InChI is InChI=1S/C21H32N6O/c1-17-15-18(2)27(24-17)10-6-9-23-21(22-3)26-13-11-25(12-14-26)19-7-5-8-20(16-19)28-4/h5,7-8,15-16H,6,9-14H2,1-4H3,(H,22,23). The summed E-state index contributed by atoms with van der Waals surface area (Å²) in [5.41, 5.74) is 3.51. The Labute approximate surface area is 168 Å². The molecule has 1 aromatic carbocycles. The van der Waals surface area contributed by atoms with Crippen LogP contribution in [0.4, 0.5) is 5.69 Å². The zero-order chi connectivity index (χ0) is 19.9. The monoisotopic (exact) mass is 384 g/mol. The number of methoxy groups -OCH3 is 1. The molecule has 1 aromatic heterocycles. The van der Waals surface area contributed by atoms with Gasteiger partial charge < -0.3 is 19.9 Å². The number of hydrogen-bond donors (Lipinski definition) is 1. The number of benzene rings is 1. The molecule has 0 unspecified atom stereocenters. The first kappa shape index (κ1) is 20.0. The number of hydrogen-bond acceptors (Lipinski definition) is 4. The summed E-state index contributed by atoms with van der Waals surface area (Å²) < 4.78 is 7.42. The van der Waals surface area contributed by atoms with Crippen LogP contribution < -0.4 is 15.0 Å². The predicted octanol–water partition coefficient (Wildman–Crippen LogP) is 2.30. The maximum atomic E-state index is 5.35. The van der Waals surface area contributed by atoms with Crippen LogP contribution in [0.2, 0.25) is 0 Å². The van der Waals surface area contributed by atoms with Gasteiger partial charge in [-0.25, -0.2) is 0 Å². The summed E-state index contributed by atoms with van der Waals surface area (Å²) in [4.78, 5) is 9.20. The summed E-state index contributed by atoms with van der Waals surface area (Å²) in [6.07, 6.45) is 1.02. The van der Waals surface area contributed by atoms with E-state index in [2.05, 4.69) is 55.0 Å². The largest absolute Gasteiger partial charge is 0.497 e. The van der Waals surface area contributed by atoms with E-state index in [0.29, 0.717) is 0 Å². The van der Waals surface area contributed by atoms with Crippen LogP contribution in [-0.2, 0) is 6.54 Å². The Morgan fingerprint density at radius 1 is 1.18 bits per heavy atom. The molecule has 0 atom stereocenters. The van der Waals surface area contributed by atoms with E-state index in [9.17, 15) is 0 Å². The smallest absolute Gasteiger partial charge is 0.193 e. The molecule has 1 N–H and O–H groups in total. The van der Waals surface area contributed by atoms with Crippen molar-refractivity contribution in [3.8, 4) is 5.75 Å². The van der Waals surface area contributed by atoms with E-state index in [1.54, 1.807) is 7.11 Å². The molecular weight excluding hydrogens is 352 g/mol. The van der Waals surface area contributed by atoms with E-state index in [1.807, 2.05) is 26.1 Å². The van der Waals surface area contributed by atoms with Gasteiger partial charge in [0.2, 0.25) is 0 Å². The highest BCUT2D eigenvalue weighted by molar-refractivity contribution is 5.80. The van der Waals surface area contributed by atoms with Crippen LogP contribution in [-0.4, -0.2) is 67.5 Å². The Morgan fingerprint density at radius 3 is 2.61 bits per heavy atom. The molecule has 1 saturated heterocycles. The fourth-order valence-corrected chi connectivity index (χ4v) is 3.65. The second-order valence-electron chi connectivity index (χ2n) is 7.15. The van der Waals surface area contributed by atoms with Crippen LogP contribution >= 0.6 is 0 Å². The second kappa shape index (κ2) is 9.48. The van der Waals surface area contributed by atoms with Crippen molar-refractivity contribution < 1.29 is 4.74 Å². The molecule has 0 radical (unpaired) electrons. The number of guanidine groups is 1. The first-order valence-corrected chi connectivity index (χ1v) is 9.96. The predicted molar refractivity (Wildman–Crippen MR) is 114 cm³/mol. The zero-order valence-corrected chi connectivity index (χ0v) is 17.5. The third-order valence-electron chi connectivity index (χ3n) is 5.14. The Bertz CT molecular complexity index is 792. The second-order valence-corrected chi connectivity index (χ2v) is 7.15. The average molecular weight is 385 g/mol. The van der Waals surface area contributed by atoms with Gasteiger partial charge in [0, 0.05) is 63.8 Å². The Balaban J connectivity index is 1.45. The van der Waals surface area contributed by atoms with Crippen molar-refractivity contribution in [1.82, 2.24) is 20.0 Å². The lowest BCUT2D eigenvalue weighted by molar-refractivity contribution is 0.371. The van der Waals surface area contributed by atoms with Crippen molar-refractivity contribution in [3.05, 3.63) is 41.7 Å². The van der Waals surface area contributed by atoms with Crippen LogP contribution in [0.5, 0.6) is 5.75 Å². The highest BCUT2D eigenvalue weighted by Gasteiger charge is 2.20. The molecule has 0 aliphatic carbocycles. The van der Waals surface area contributed by atoms with E-state index in [0.717, 1.165) is 63.1 Å². The molecule has 2 aromatic rings. The van der Waals surface area contributed by atoms with Crippen LogP contribution in [0.3, 0.4) is 0 Å². The number of aliphatic imine (C=N–C) groups is 1. The number of ether oxygens (including phenoxy) is 1. The van der Waals surface area contributed by atoms with Gasteiger partial charge in [-0.15, -0.1) is 0 Å². The Hall–Kier alpha value is -2.70. The van der Waals surface area contributed by atoms with E-state index in [4.69, 9.17) is 4.74 Å². The van der Waals surface area contributed by atoms with Crippen molar-refractivity contribution in [2.24, 2.45) is 4.99 Å².